The van der Waals surface area contributed by atoms with E-state index in [1.54, 1.807) is 6.92 Å². The van der Waals surface area contributed by atoms with E-state index in [0.29, 0.717) is 6.54 Å². The highest BCUT2D eigenvalue weighted by molar-refractivity contribution is 5.88. The van der Waals surface area contributed by atoms with Crippen molar-refractivity contribution in [2.24, 2.45) is 0 Å². The lowest BCUT2D eigenvalue weighted by molar-refractivity contribution is -0.141. The first-order chi connectivity index (χ1) is 8.86. The van der Waals surface area contributed by atoms with Crippen molar-refractivity contribution in [2.75, 3.05) is 13.1 Å². The van der Waals surface area contributed by atoms with Crippen LogP contribution in [0.4, 0.5) is 4.79 Å². The molecule has 1 fully saturated rings. The van der Waals surface area contributed by atoms with E-state index in [1.165, 1.54) is 6.92 Å². The quantitative estimate of drug-likeness (QED) is 0.510. The van der Waals surface area contributed by atoms with Crippen LogP contribution in [0.5, 0.6) is 0 Å². The van der Waals surface area contributed by atoms with Crippen LogP contribution in [-0.2, 0) is 9.59 Å². The average Bonchev–Trinajstić information content (AvgIpc) is 2.71. The molecule has 1 rings (SSSR count). The number of β-amino-alcohol motifs (C(OH)–C–C–N with tert-alkyl or cyclic N) is 1. The molecule has 1 aliphatic heterocycles. The number of rotatable bonds is 4. The molecule has 8 nitrogen and oxygen atoms in total. The Morgan fingerprint density at radius 1 is 1.42 bits per heavy atom. The molecule has 0 spiro atoms. The number of urea groups is 1. The summed E-state index contributed by atoms with van der Waals surface area (Å²) in [5, 5.41) is 23.4. The van der Waals surface area contributed by atoms with Gasteiger partial charge in [-0.1, -0.05) is 0 Å². The summed E-state index contributed by atoms with van der Waals surface area (Å²) in [5.41, 5.74) is 0. The summed E-state index contributed by atoms with van der Waals surface area (Å²) in [6, 6.07) is -2.49. The number of carboxylic acid groups (broad SMARTS) is 1. The Morgan fingerprint density at radius 3 is 2.58 bits per heavy atom. The molecule has 1 heterocycles. The topological polar surface area (TPSA) is 119 Å². The first kappa shape index (κ1) is 15.2. The lowest BCUT2D eigenvalue weighted by atomic mass is 10.2. The van der Waals surface area contributed by atoms with E-state index in [4.69, 9.17) is 5.11 Å². The third-order valence-corrected chi connectivity index (χ3v) is 2.91. The van der Waals surface area contributed by atoms with Crippen molar-refractivity contribution in [3.63, 3.8) is 0 Å². The molecule has 8 heteroatoms. The molecule has 3 atom stereocenters. The maximum absolute atomic E-state index is 11.9. The van der Waals surface area contributed by atoms with E-state index in [1.807, 2.05) is 0 Å². The SMILES string of the molecule is CCNC(=O)C(C)NC(=O)N1C[C@H](O)C[C@@H]1C(=O)O. The number of aliphatic hydroxyl groups is 1. The summed E-state index contributed by atoms with van der Waals surface area (Å²) in [6.07, 6.45) is -0.857. The molecular formula is C11H19N3O5. The fourth-order valence-corrected chi connectivity index (χ4v) is 1.93. The van der Waals surface area contributed by atoms with Crippen LogP contribution in [0.25, 0.3) is 0 Å². The number of likely N-dealkylation sites (N-methyl/N-ethyl adjacent to an activating group) is 1. The van der Waals surface area contributed by atoms with Crippen LogP contribution in [0.1, 0.15) is 20.3 Å². The largest absolute Gasteiger partial charge is 0.480 e. The Hall–Kier alpha value is -1.83. The summed E-state index contributed by atoms with van der Waals surface area (Å²) in [7, 11) is 0. The van der Waals surface area contributed by atoms with Crippen LogP contribution in [0, 0.1) is 0 Å². The lowest BCUT2D eigenvalue weighted by Gasteiger charge is -2.23. The van der Waals surface area contributed by atoms with Crippen molar-refractivity contribution in [1.82, 2.24) is 15.5 Å². The van der Waals surface area contributed by atoms with Gasteiger partial charge < -0.3 is 25.7 Å². The predicted molar refractivity (Wildman–Crippen MR) is 65.4 cm³/mol. The van der Waals surface area contributed by atoms with Crippen LogP contribution >= 0.6 is 0 Å². The van der Waals surface area contributed by atoms with Crippen molar-refractivity contribution in [2.45, 2.75) is 38.5 Å². The summed E-state index contributed by atoms with van der Waals surface area (Å²) in [5.74, 6) is -1.51. The number of aliphatic carboxylic acids is 1. The monoisotopic (exact) mass is 273 g/mol. The first-order valence-electron chi connectivity index (χ1n) is 6.12. The standard InChI is InChI=1S/C11H19N3O5/c1-3-12-9(16)6(2)13-11(19)14-5-7(15)4-8(14)10(17)18/h6-8,15H,3-5H2,1-2H3,(H,12,16)(H,13,19)(H,17,18)/t6?,7-,8-/m1/s1. The van der Waals surface area contributed by atoms with Crippen molar-refractivity contribution >= 4 is 17.9 Å². The smallest absolute Gasteiger partial charge is 0.326 e. The zero-order valence-electron chi connectivity index (χ0n) is 10.9. The van der Waals surface area contributed by atoms with E-state index >= 15 is 0 Å². The third-order valence-electron chi connectivity index (χ3n) is 2.91. The van der Waals surface area contributed by atoms with Crippen LogP contribution < -0.4 is 10.6 Å². The minimum absolute atomic E-state index is 0.00170. The number of hydrogen-bond acceptors (Lipinski definition) is 4. The Bertz CT molecular complexity index is 373. The molecule has 0 aromatic carbocycles. The minimum Gasteiger partial charge on any atom is -0.480 e. The van der Waals surface area contributed by atoms with E-state index in [-0.39, 0.29) is 18.9 Å². The van der Waals surface area contributed by atoms with Crippen LogP contribution in [-0.4, -0.2) is 64.3 Å². The van der Waals surface area contributed by atoms with Gasteiger partial charge in [0, 0.05) is 19.5 Å². The predicted octanol–water partition coefficient (Wildman–Crippen LogP) is -1.26. The average molecular weight is 273 g/mol. The van der Waals surface area contributed by atoms with Gasteiger partial charge in [0.1, 0.15) is 12.1 Å². The highest BCUT2D eigenvalue weighted by atomic mass is 16.4. The maximum Gasteiger partial charge on any atom is 0.326 e. The van der Waals surface area contributed by atoms with Crippen LogP contribution in [0.3, 0.4) is 0 Å². The second-order valence-corrected chi connectivity index (χ2v) is 4.46. The van der Waals surface area contributed by atoms with E-state index in [2.05, 4.69) is 10.6 Å². The molecule has 0 radical (unpaired) electrons. The molecule has 4 N–H and O–H groups in total. The Balaban J connectivity index is 2.62. The van der Waals surface area contributed by atoms with Crippen molar-refractivity contribution < 1.29 is 24.6 Å². The van der Waals surface area contributed by atoms with Gasteiger partial charge in [-0.15, -0.1) is 0 Å². The number of nitrogens with zero attached hydrogens (tertiary/aromatic N) is 1. The highest BCUT2D eigenvalue weighted by Gasteiger charge is 2.39. The number of carboxylic acids is 1. The number of hydrogen-bond donors (Lipinski definition) is 4. The fourth-order valence-electron chi connectivity index (χ4n) is 1.93. The molecule has 1 unspecified atom stereocenters. The Kier molecular flexibility index (Phi) is 5.11. The van der Waals surface area contributed by atoms with Gasteiger partial charge in [0.2, 0.25) is 5.91 Å². The van der Waals surface area contributed by atoms with Crippen LogP contribution in [0.15, 0.2) is 0 Å². The highest BCUT2D eigenvalue weighted by Crippen LogP contribution is 2.18. The molecule has 0 aliphatic carbocycles. The summed E-state index contributed by atoms with van der Waals surface area (Å²) >= 11 is 0. The number of carbonyl (C=O) groups is 3. The molecule has 3 amide bonds. The van der Waals surface area contributed by atoms with E-state index in [9.17, 15) is 19.5 Å². The first-order valence-corrected chi connectivity index (χ1v) is 6.12. The van der Waals surface area contributed by atoms with Gasteiger partial charge in [0.25, 0.3) is 0 Å². The normalized spacial score (nSPS) is 23.8. The third kappa shape index (κ3) is 3.82. The zero-order valence-corrected chi connectivity index (χ0v) is 10.9. The maximum atomic E-state index is 11.9. The number of nitrogens with one attached hydrogen (secondary N) is 2. The molecule has 19 heavy (non-hydrogen) atoms. The molecule has 0 aromatic heterocycles. The number of likely N-dealkylation sites (tertiary alicyclic amines) is 1. The molecule has 0 aromatic rings. The lowest BCUT2D eigenvalue weighted by Crippen LogP contribution is -2.52. The molecular weight excluding hydrogens is 254 g/mol. The van der Waals surface area contributed by atoms with E-state index < -0.39 is 30.2 Å². The zero-order chi connectivity index (χ0) is 14.6. The van der Waals surface area contributed by atoms with Gasteiger partial charge in [-0.3, -0.25) is 4.79 Å². The Morgan fingerprint density at radius 2 is 2.05 bits per heavy atom. The number of aliphatic hydroxyl groups excluding tert-OH is 1. The molecule has 1 saturated heterocycles. The van der Waals surface area contributed by atoms with Gasteiger partial charge >= 0.3 is 12.0 Å². The van der Waals surface area contributed by atoms with Gasteiger partial charge in [0.05, 0.1) is 6.10 Å². The Labute approximate surface area is 110 Å². The molecule has 1 aliphatic rings. The van der Waals surface area contributed by atoms with E-state index in [0.717, 1.165) is 4.90 Å². The second kappa shape index (κ2) is 6.37. The van der Waals surface area contributed by atoms with Crippen molar-refractivity contribution in [1.29, 1.82) is 0 Å². The van der Waals surface area contributed by atoms with Crippen LogP contribution in [0.2, 0.25) is 0 Å². The van der Waals surface area contributed by atoms with Gasteiger partial charge in [0.15, 0.2) is 0 Å². The van der Waals surface area contributed by atoms with Gasteiger partial charge in [-0.25, -0.2) is 9.59 Å². The molecule has 0 bridgehead atoms. The van der Waals surface area contributed by atoms with Gasteiger partial charge in [-0.2, -0.15) is 0 Å². The summed E-state index contributed by atoms with van der Waals surface area (Å²) < 4.78 is 0. The second-order valence-electron chi connectivity index (χ2n) is 4.46. The fraction of sp³-hybridized carbons (Fsp3) is 0.727. The number of amides is 3. The summed E-state index contributed by atoms with van der Waals surface area (Å²) in [4.78, 5) is 35.4. The minimum atomic E-state index is -1.17. The van der Waals surface area contributed by atoms with Crippen molar-refractivity contribution in [3.05, 3.63) is 0 Å². The summed E-state index contributed by atoms with van der Waals surface area (Å²) in [6.45, 7) is 3.65. The van der Waals surface area contributed by atoms with Crippen molar-refractivity contribution in [3.8, 4) is 0 Å². The molecule has 0 saturated carbocycles. The van der Waals surface area contributed by atoms with Gasteiger partial charge in [-0.05, 0) is 13.8 Å². The molecule has 108 valence electrons. The number of carbonyl (C=O) groups excluding carboxylic acids is 2.